The molecule has 2 amide bonds. The molecule has 0 fully saturated rings. The van der Waals surface area contributed by atoms with Crippen molar-refractivity contribution in [2.75, 3.05) is 12.4 Å². The Morgan fingerprint density at radius 1 is 1.43 bits per heavy atom. The van der Waals surface area contributed by atoms with E-state index < -0.39 is 0 Å². The zero-order valence-corrected chi connectivity index (χ0v) is 8.30. The third-order valence-electron chi connectivity index (χ3n) is 1.29. The van der Waals surface area contributed by atoms with Crippen molar-refractivity contribution in [1.29, 1.82) is 0 Å². The van der Waals surface area contributed by atoms with Crippen LogP contribution in [0.3, 0.4) is 0 Å². The minimum Gasteiger partial charge on any atom is -0.356 e. The molecule has 0 aliphatic heterocycles. The van der Waals surface area contributed by atoms with Gasteiger partial charge in [-0.15, -0.1) is 11.3 Å². The lowest BCUT2D eigenvalue weighted by molar-refractivity contribution is -0.117. The van der Waals surface area contributed by atoms with Crippen LogP contribution in [0.25, 0.3) is 0 Å². The number of nitrogens with zero attached hydrogens (tertiary/aromatic N) is 1. The predicted molar refractivity (Wildman–Crippen MR) is 54.0 cm³/mol. The number of aromatic nitrogens is 1. The summed E-state index contributed by atoms with van der Waals surface area (Å²) in [6.45, 7) is 0. The molecule has 0 aliphatic rings. The SMILES string of the molecule is CNC(=O)/C=C/C(=O)Nc1nccs1. The van der Waals surface area contributed by atoms with E-state index in [1.807, 2.05) is 0 Å². The van der Waals surface area contributed by atoms with Crippen molar-refractivity contribution in [3.8, 4) is 0 Å². The molecule has 14 heavy (non-hydrogen) atoms. The highest BCUT2D eigenvalue weighted by atomic mass is 32.1. The molecule has 6 heteroatoms. The zero-order valence-electron chi connectivity index (χ0n) is 7.48. The van der Waals surface area contributed by atoms with Gasteiger partial charge < -0.3 is 5.32 Å². The van der Waals surface area contributed by atoms with Gasteiger partial charge in [0.1, 0.15) is 0 Å². The van der Waals surface area contributed by atoms with Crippen LogP contribution in [-0.2, 0) is 9.59 Å². The quantitative estimate of drug-likeness (QED) is 0.710. The van der Waals surface area contributed by atoms with E-state index in [0.29, 0.717) is 5.13 Å². The molecule has 2 N–H and O–H groups in total. The normalized spacial score (nSPS) is 10.1. The van der Waals surface area contributed by atoms with E-state index in [-0.39, 0.29) is 11.8 Å². The molecule has 0 aromatic carbocycles. The summed E-state index contributed by atoms with van der Waals surface area (Å²) in [6, 6.07) is 0. The predicted octanol–water partition coefficient (Wildman–Crippen LogP) is 0.384. The molecule has 0 atom stereocenters. The molecule has 5 nitrogen and oxygen atoms in total. The molecule has 0 saturated heterocycles. The van der Waals surface area contributed by atoms with Crippen molar-refractivity contribution < 1.29 is 9.59 Å². The van der Waals surface area contributed by atoms with Crippen LogP contribution in [0.15, 0.2) is 23.7 Å². The molecular weight excluding hydrogens is 202 g/mol. The highest BCUT2D eigenvalue weighted by molar-refractivity contribution is 7.13. The Bertz CT molecular complexity index is 345. The van der Waals surface area contributed by atoms with Gasteiger partial charge in [-0.05, 0) is 0 Å². The van der Waals surface area contributed by atoms with E-state index in [1.54, 1.807) is 11.6 Å². The summed E-state index contributed by atoms with van der Waals surface area (Å²) in [5, 5.41) is 7.12. The van der Waals surface area contributed by atoms with Gasteiger partial charge in [-0.3, -0.25) is 14.9 Å². The van der Waals surface area contributed by atoms with Crippen molar-refractivity contribution >= 4 is 28.3 Å². The van der Waals surface area contributed by atoms with Crippen molar-refractivity contribution in [3.63, 3.8) is 0 Å². The van der Waals surface area contributed by atoms with Gasteiger partial charge in [0.15, 0.2) is 5.13 Å². The summed E-state index contributed by atoms with van der Waals surface area (Å²) < 4.78 is 0. The Balaban J connectivity index is 2.44. The fourth-order valence-corrected chi connectivity index (χ4v) is 1.20. The number of thiazole rings is 1. The average molecular weight is 211 g/mol. The van der Waals surface area contributed by atoms with Crippen LogP contribution in [0.2, 0.25) is 0 Å². The zero-order chi connectivity index (χ0) is 10.4. The van der Waals surface area contributed by atoms with Crippen LogP contribution >= 0.6 is 11.3 Å². The Labute approximate surface area is 84.8 Å². The number of anilines is 1. The van der Waals surface area contributed by atoms with Gasteiger partial charge in [-0.25, -0.2) is 4.98 Å². The number of nitrogens with one attached hydrogen (secondary N) is 2. The number of hydrogen-bond acceptors (Lipinski definition) is 4. The molecule has 1 aromatic heterocycles. The van der Waals surface area contributed by atoms with Crippen LogP contribution in [0.1, 0.15) is 0 Å². The molecular formula is C8H9N3O2S. The molecule has 1 heterocycles. The second kappa shape index (κ2) is 5.13. The number of hydrogen-bond donors (Lipinski definition) is 2. The maximum atomic E-state index is 11.1. The fraction of sp³-hybridized carbons (Fsp3) is 0.125. The second-order valence-corrected chi connectivity index (χ2v) is 3.17. The van der Waals surface area contributed by atoms with Crippen molar-refractivity contribution in [1.82, 2.24) is 10.3 Å². The summed E-state index contributed by atoms with van der Waals surface area (Å²) in [7, 11) is 1.49. The van der Waals surface area contributed by atoms with E-state index in [1.165, 1.54) is 18.4 Å². The van der Waals surface area contributed by atoms with Crippen LogP contribution in [0.5, 0.6) is 0 Å². The minimum atomic E-state index is -0.372. The van der Waals surface area contributed by atoms with E-state index in [4.69, 9.17) is 0 Å². The van der Waals surface area contributed by atoms with Gasteiger partial charge >= 0.3 is 0 Å². The summed E-state index contributed by atoms with van der Waals surface area (Å²) in [6.07, 6.45) is 3.89. The van der Waals surface area contributed by atoms with Gasteiger partial charge in [0, 0.05) is 30.8 Å². The van der Waals surface area contributed by atoms with Crippen molar-refractivity contribution in [2.45, 2.75) is 0 Å². The molecule has 0 aliphatic carbocycles. The molecule has 1 rings (SSSR count). The first-order valence-corrected chi connectivity index (χ1v) is 4.70. The Hall–Kier alpha value is -1.69. The topological polar surface area (TPSA) is 71.1 Å². The maximum Gasteiger partial charge on any atom is 0.250 e. The third-order valence-corrected chi connectivity index (χ3v) is 1.98. The first kappa shape index (κ1) is 10.4. The second-order valence-electron chi connectivity index (χ2n) is 2.27. The lowest BCUT2D eigenvalue weighted by Gasteiger charge is -1.94. The first-order chi connectivity index (χ1) is 6.72. The van der Waals surface area contributed by atoms with E-state index in [9.17, 15) is 9.59 Å². The summed E-state index contributed by atoms with van der Waals surface area (Å²) in [5.41, 5.74) is 0. The van der Waals surface area contributed by atoms with E-state index >= 15 is 0 Å². The van der Waals surface area contributed by atoms with Crippen LogP contribution in [0.4, 0.5) is 5.13 Å². The Morgan fingerprint density at radius 2 is 2.14 bits per heavy atom. The summed E-state index contributed by atoms with van der Waals surface area (Å²) in [4.78, 5) is 25.7. The van der Waals surface area contributed by atoms with Gasteiger partial charge in [0.25, 0.3) is 0 Å². The average Bonchev–Trinajstić information content (AvgIpc) is 2.66. The highest BCUT2D eigenvalue weighted by Gasteiger charge is 1.99. The van der Waals surface area contributed by atoms with Crippen LogP contribution in [0, 0.1) is 0 Å². The number of carbonyl (C=O) groups is 2. The molecule has 0 bridgehead atoms. The van der Waals surface area contributed by atoms with Gasteiger partial charge in [0.05, 0.1) is 0 Å². The summed E-state index contributed by atoms with van der Waals surface area (Å²) in [5.74, 6) is -0.692. The van der Waals surface area contributed by atoms with E-state index in [0.717, 1.165) is 12.2 Å². The monoisotopic (exact) mass is 211 g/mol. The van der Waals surface area contributed by atoms with Crippen LogP contribution in [-0.4, -0.2) is 23.8 Å². The molecule has 0 unspecified atom stereocenters. The van der Waals surface area contributed by atoms with Crippen LogP contribution < -0.4 is 10.6 Å². The summed E-state index contributed by atoms with van der Waals surface area (Å²) >= 11 is 1.31. The number of carbonyl (C=O) groups excluding carboxylic acids is 2. The number of rotatable bonds is 3. The molecule has 0 radical (unpaired) electrons. The Morgan fingerprint density at radius 3 is 2.71 bits per heavy atom. The highest BCUT2D eigenvalue weighted by Crippen LogP contribution is 2.09. The molecule has 0 spiro atoms. The molecule has 0 saturated carbocycles. The van der Waals surface area contributed by atoms with Gasteiger partial charge in [-0.2, -0.15) is 0 Å². The lowest BCUT2D eigenvalue weighted by atomic mass is 10.4. The molecule has 1 aromatic rings. The molecule has 74 valence electrons. The third kappa shape index (κ3) is 3.36. The minimum absolute atomic E-state index is 0.320. The number of amides is 2. The fourth-order valence-electron chi connectivity index (χ4n) is 0.667. The maximum absolute atomic E-state index is 11.1. The Kier molecular flexibility index (Phi) is 3.81. The smallest absolute Gasteiger partial charge is 0.250 e. The first-order valence-electron chi connectivity index (χ1n) is 3.82. The lowest BCUT2D eigenvalue weighted by Crippen LogP contribution is -2.16. The number of likely N-dealkylation sites (N-methyl/N-ethyl adjacent to an activating group) is 1. The largest absolute Gasteiger partial charge is 0.356 e. The van der Waals surface area contributed by atoms with Gasteiger partial charge in [-0.1, -0.05) is 0 Å². The van der Waals surface area contributed by atoms with Crippen molar-refractivity contribution in [3.05, 3.63) is 23.7 Å². The standard InChI is InChI=1S/C8H9N3O2S/c1-9-6(12)2-3-7(13)11-8-10-4-5-14-8/h2-5H,1H3,(H,9,12)(H,10,11,13)/b3-2+. The van der Waals surface area contributed by atoms with E-state index in [2.05, 4.69) is 15.6 Å². The van der Waals surface area contributed by atoms with Crippen molar-refractivity contribution in [2.24, 2.45) is 0 Å². The van der Waals surface area contributed by atoms with Gasteiger partial charge in [0.2, 0.25) is 11.8 Å².